The third kappa shape index (κ3) is 2.96. The van der Waals surface area contributed by atoms with Crippen molar-refractivity contribution in [3.05, 3.63) is 0 Å². The maximum atomic E-state index is 3.44. The maximum Gasteiger partial charge on any atom is -0.00183 e. The number of nitrogens with zero attached hydrogens (tertiary/aromatic N) is 1. The molecule has 2 nitrogen and oxygen atoms in total. The summed E-state index contributed by atoms with van der Waals surface area (Å²) in [5, 5.41) is 3.44. The first-order chi connectivity index (χ1) is 6.45. The molecule has 2 aliphatic rings. The summed E-state index contributed by atoms with van der Waals surface area (Å²) in [6, 6.07) is 0. The molecule has 0 aromatic heterocycles. The fourth-order valence-corrected chi connectivity index (χ4v) is 2.57. The van der Waals surface area contributed by atoms with Gasteiger partial charge in [0.2, 0.25) is 0 Å². The van der Waals surface area contributed by atoms with Crippen LogP contribution < -0.4 is 5.32 Å². The van der Waals surface area contributed by atoms with Crippen molar-refractivity contribution in [1.29, 1.82) is 0 Å². The van der Waals surface area contributed by atoms with Crippen LogP contribution in [0.5, 0.6) is 0 Å². The molecular formula is C11H22N2. The summed E-state index contributed by atoms with van der Waals surface area (Å²) in [5.74, 6) is 0.989. The summed E-state index contributed by atoms with van der Waals surface area (Å²) < 4.78 is 0. The van der Waals surface area contributed by atoms with Crippen molar-refractivity contribution < 1.29 is 0 Å². The molecule has 0 aliphatic carbocycles. The Bertz CT molecular complexity index is 119. The van der Waals surface area contributed by atoms with Crippen molar-refractivity contribution in [2.45, 2.75) is 32.1 Å². The van der Waals surface area contributed by atoms with Crippen LogP contribution in [-0.2, 0) is 0 Å². The van der Waals surface area contributed by atoms with Crippen LogP contribution >= 0.6 is 0 Å². The molecule has 2 heteroatoms. The second-order valence-electron chi connectivity index (χ2n) is 4.55. The first-order valence-electron chi connectivity index (χ1n) is 5.88. The molecular weight excluding hydrogens is 160 g/mol. The third-order valence-electron chi connectivity index (χ3n) is 3.45. The fourth-order valence-electron chi connectivity index (χ4n) is 2.57. The van der Waals surface area contributed by atoms with Crippen LogP contribution in [0.4, 0.5) is 0 Å². The highest BCUT2D eigenvalue weighted by molar-refractivity contribution is 4.72. The number of hydrogen-bond acceptors (Lipinski definition) is 2. The molecule has 1 N–H and O–H groups in total. The smallest absolute Gasteiger partial charge is 0.00183 e. The summed E-state index contributed by atoms with van der Waals surface area (Å²) in [7, 11) is 0. The highest BCUT2D eigenvalue weighted by Crippen LogP contribution is 2.15. The zero-order valence-corrected chi connectivity index (χ0v) is 8.60. The average Bonchev–Trinajstić information content (AvgIpc) is 2.75. The first-order valence-corrected chi connectivity index (χ1v) is 5.88. The zero-order valence-electron chi connectivity index (χ0n) is 8.60. The van der Waals surface area contributed by atoms with Gasteiger partial charge in [0, 0.05) is 0 Å². The Hall–Kier alpha value is -0.0800. The monoisotopic (exact) mass is 182 g/mol. The van der Waals surface area contributed by atoms with Gasteiger partial charge in [0.05, 0.1) is 0 Å². The van der Waals surface area contributed by atoms with E-state index in [0.29, 0.717) is 0 Å². The SMILES string of the molecule is C1CCN(CCCC2CCNC2)C1. The summed E-state index contributed by atoms with van der Waals surface area (Å²) in [6.07, 6.45) is 7.16. The molecule has 0 bridgehead atoms. The molecule has 2 saturated heterocycles. The lowest BCUT2D eigenvalue weighted by molar-refractivity contribution is 0.318. The molecule has 0 aromatic rings. The van der Waals surface area contributed by atoms with Gasteiger partial charge in [-0.15, -0.1) is 0 Å². The van der Waals surface area contributed by atoms with E-state index in [2.05, 4.69) is 10.2 Å². The van der Waals surface area contributed by atoms with E-state index >= 15 is 0 Å². The number of likely N-dealkylation sites (tertiary alicyclic amines) is 1. The summed E-state index contributed by atoms with van der Waals surface area (Å²) in [5.41, 5.74) is 0. The molecule has 0 aromatic carbocycles. The molecule has 0 saturated carbocycles. The topological polar surface area (TPSA) is 15.3 Å². The minimum absolute atomic E-state index is 0.989. The van der Waals surface area contributed by atoms with Gasteiger partial charge in [0.25, 0.3) is 0 Å². The van der Waals surface area contributed by atoms with Gasteiger partial charge in [-0.3, -0.25) is 0 Å². The van der Waals surface area contributed by atoms with Crippen LogP contribution in [0, 0.1) is 5.92 Å². The van der Waals surface area contributed by atoms with E-state index in [1.165, 1.54) is 64.8 Å². The Morgan fingerprint density at radius 3 is 2.77 bits per heavy atom. The predicted octanol–water partition coefficient (Wildman–Crippen LogP) is 1.47. The van der Waals surface area contributed by atoms with E-state index in [-0.39, 0.29) is 0 Å². The largest absolute Gasteiger partial charge is 0.316 e. The minimum Gasteiger partial charge on any atom is -0.316 e. The van der Waals surface area contributed by atoms with Crippen LogP contribution in [0.15, 0.2) is 0 Å². The number of hydrogen-bond donors (Lipinski definition) is 1. The Balaban J connectivity index is 1.52. The quantitative estimate of drug-likeness (QED) is 0.708. The molecule has 2 aliphatic heterocycles. The van der Waals surface area contributed by atoms with Crippen molar-refractivity contribution in [3.63, 3.8) is 0 Å². The molecule has 0 spiro atoms. The average molecular weight is 182 g/mol. The van der Waals surface area contributed by atoms with E-state index in [9.17, 15) is 0 Å². The molecule has 0 radical (unpaired) electrons. The normalized spacial score (nSPS) is 30.0. The Kier molecular flexibility index (Phi) is 3.62. The van der Waals surface area contributed by atoms with Crippen LogP contribution in [0.3, 0.4) is 0 Å². The Morgan fingerprint density at radius 1 is 1.23 bits per heavy atom. The lowest BCUT2D eigenvalue weighted by atomic mass is 10.0. The van der Waals surface area contributed by atoms with Crippen LogP contribution in [-0.4, -0.2) is 37.6 Å². The third-order valence-corrected chi connectivity index (χ3v) is 3.45. The van der Waals surface area contributed by atoms with Gasteiger partial charge in [0.1, 0.15) is 0 Å². The van der Waals surface area contributed by atoms with Crippen LogP contribution in [0.1, 0.15) is 32.1 Å². The van der Waals surface area contributed by atoms with Crippen molar-refractivity contribution in [2.24, 2.45) is 5.92 Å². The molecule has 2 heterocycles. The van der Waals surface area contributed by atoms with Gasteiger partial charge in [-0.25, -0.2) is 0 Å². The van der Waals surface area contributed by atoms with Gasteiger partial charge in [0.15, 0.2) is 0 Å². The standard InChI is InChI=1S/C11H22N2/c1-2-8-13(7-1)9-3-4-11-5-6-12-10-11/h11-12H,1-10H2. The molecule has 13 heavy (non-hydrogen) atoms. The van der Waals surface area contributed by atoms with Gasteiger partial charge >= 0.3 is 0 Å². The molecule has 76 valence electrons. The molecule has 1 unspecified atom stereocenters. The van der Waals surface area contributed by atoms with Crippen LogP contribution in [0.2, 0.25) is 0 Å². The van der Waals surface area contributed by atoms with Gasteiger partial charge in [-0.05, 0) is 70.7 Å². The van der Waals surface area contributed by atoms with Crippen molar-refractivity contribution in [1.82, 2.24) is 10.2 Å². The van der Waals surface area contributed by atoms with E-state index in [0.717, 1.165) is 5.92 Å². The van der Waals surface area contributed by atoms with Crippen molar-refractivity contribution in [2.75, 3.05) is 32.7 Å². The van der Waals surface area contributed by atoms with Gasteiger partial charge in [-0.2, -0.15) is 0 Å². The van der Waals surface area contributed by atoms with Gasteiger partial charge in [-0.1, -0.05) is 0 Å². The minimum atomic E-state index is 0.989. The molecule has 2 fully saturated rings. The molecule has 1 atom stereocenters. The van der Waals surface area contributed by atoms with E-state index in [1.807, 2.05) is 0 Å². The van der Waals surface area contributed by atoms with Crippen molar-refractivity contribution >= 4 is 0 Å². The lowest BCUT2D eigenvalue weighted by Crippen LogP contribution is -2.21. The fraction of sp³-hybridized carbons (Fsp3) is 1.00. The summed E-state index contributed by atoms with van der Waals surface area (Å²) >= 11 is 0. The van der Waals surface area contributed by atoms with E-state index < -0.39 is 0 Å². The molecule has 0 amide bonds. The van der Waals surface area contributed by atoms with Crippen molar-refractivity contribution in [3.8, 4) is 0 Å². The molecule has 2 rings (SSSR count). The second-order valence-corrected chi connectivity index (χ2v) is 4.55. The lowest BCUT2D eigenvalue weighted by Gasteiger charge is -2.15. The number of rotatable bonds is 4. The summed E-state index contributed by atoms with van der Waals surface area (Å²) in [6.45, 7) is 6.62. The van der Waals surface area contributed by atoms with Crippen LogP contribution in [0.25, 0.3) is 0 Å². The highest BCUT2D eigenvalue weighted by atomic mass is 15.1. The first kappa shape index (κ1) is 9.47. The number of nitrogens with one attached hydrogen (secondary N) is 1. The van der Waals surface area contributed by atoms with E-state index in [1.54, 1.807) is 0 Å². The maximum absolute atomic E-state index is 3.44. The van der Waals surface area contributed by atoms with E-state index in [4.69, 9.17) is 0 Å². The highest BCUT2D eigenvalue weighted by Gasteiger charge is 2.15. The Morgan fingerprint density at radius 2 is 2.08 bits per heavy atom. The van der Waals surface area contributed by atoms with Gasteiger partial charge < -0.3 is 10.2 Å². The predicted molar refractivity (Wildman–Crippen MR) is 55.9 cm³/mol. The second kappa shape index (κ2) is 4.97. The zero-order chi connectivity index (χ0) is 8.93. The summed E-state index contributed by atoms with van der Waals surface area (Å²) in [4.78, 5) is 2.63. The Labute approximate surface area is 81.7 Å².